The molecule has 0 saturated carbocycles. The van der Waals surface area contributed by atoms with Crippen LogP contribution in [0.2, 0.25) is 0 Å². The number of hydrogen-bond donors (Lipinski definition) is 1. The molecular formula is C15H22N2O2S. The van der Waals surface area contributed by atoms with E-state index in [0.29, 0.717) is 0 Å². The molecule has 1 unspecified atom stereocenters. The molecule has 0 radical (unpaired) electrons. The van der Waals surface area contributed by atoms with E-state index >= 15 is 0 Å². The molecule has 1 aromatic carbocycles. The van der Waals surface area contributed by atoms with Crippen LogP contribution in [0.25, 0.3) is 6.08 Å². The van der Waals surface area contributed by atoms with Crippen molar-refractivity contribution < 1.29 is 8.42 Å². The summed E-state index contributed by atoms with van der Waals surface area (Å²) in [7, 11) is -3.10. The lowest BCUT2D eigenvalue weighted by atomic mass is 10.1. The molecule has 1 atom stereocenters. The van der Waals surface area contributed by atoms with E-state index in [4.69, 9.17) is 0 Å². The van der Waals surface area contributed by atoms with Crippen LogP contribution in [0.4, 0.5) is 0 Å². The summed E-state index contributed by atoms with van der Waals surface area (Å²) >= 11 is 0. The van der Waals surface area contributed by atoms with E-state index in [9.17, 15) is 8.42 Å². The Morgan fingerprint density at radius 3 is 2.75 bits per heavy atom. The molecule has 0 bridgehead atoms. The molecule has 1 saturated heterocycles. The summed E-state index contributed by atoms with van der Waals surface area (Å²) in [5.74, 6) is 0. The predicted octanol–water partition coefficient (Wildman–Crippen LogP) is 1.71. The van der Waals surface area contributed by atoms with Gasteiger partial charge in [0, 0.05) is 25.7 Å². The standard InChI is InChI=1S/C15H22N2O2S/c1-13(10-14-6-4-3-5-7-14)11-17-9-8-15(12-17)16-20(2,18)19/h3-7,10,15-16H,8-9,11-12H2,1-2H3. The Morgan fingerprint density at radius 2 is 2.10 bits per heavy atom. The summed E-state index contributed by atoms with van der Waals surface area (Å²) < 4.78 is 25.1. The van der Waals surface area contributed by atoms with Gasteiger partial charge in [0.05, 0.1) is 6.26 Å². The van der Waals surface area contributed by atoms with E-state index in [1.165, 1.54) is 17.4 Å². The van der Waals surface area contributed by atoms with Crippen LogP contribution in [-0.4, -0.2) is 45.2 Å². The van der Waals surface area contributed by atoms with Crippen LogP contribution in [-0.2, 0) is 10.0 Å². The average Bonchev–Trinajstić information content (AvgIpc) is 2.75. The third-order valence-electron chi connectivity index (χ3n) is 3.34. The SMILES string of the molecule is CC(=Cc1ccccc1)CN1CCC(NS(C)(=O)=O)C1. The van der Waals surface area contributed by atoms with E-state index in [0.717, 1.165) is 26.1 Å². The molecule has 1 aliphatic heterocycles. The molecule has 0 spiro atoms. The van der Waals surface area contributed by atoms with Gasteiger partial charge in [-0.1, -0.05) is 42.0 Å². The van der Waals surface area contributed by atoms with Gasteiger partial charge in [-0.3, -0.25) is 4.90 Å². The maximum absolute atomic E-state index is 11.2. The molecule has 1 aliphatic rings. The van der Waals surface area contributed by atoms with Gasteiger partial charge < -0.3 is 0 Å². The number of benzene rings is 1. The Hall–Kier alpha value is -1.17. The minimum absolute atomic E-state index is 0.0505. The highest BCUT2D eigenvalue weighted by Crippen LogP contribution is 2.13. The molecule has 20 heavy (non-hydrogen) atoms. The molecule has 1 N–H and O–H groups in total. The monoisotopic (exact) mass is 294 g/mol. The minimum Gasteiger partial charge on any atom is -0.298 e. The number of sulfonamides is 1. The lowest BCUT2D eigenvalue weighted by Gasteiger charge is -2.16. The van der Waals surface area contributed by atoms with Crippen molar-refractivity contribution in [2.75, 3.05) is 25.9 Å². The largest absolute Gasteiger partial charge is 0.298 e. The molecule has 1 aromatic rings. The van der Waals surface area contributed by atoms with Crippen molar-refractivity contribution in [1.82, 2.24) is 9.62 Å². The van der Waals surface area contributed by atoms with Crippen LogP contribution in [0.5, 0.6) is 0 Å². The maximum Gasteiger partial charge on any atom is 0.208 e. The average molecular weight is 294 g/mol. The summed E-state index contributed by atoms with van der Waals surface area (Å²) in [6.45, 7) is 4.72. The lowest BCUT2D eigenvalue weighted by molar-refractivity contribution is 0.361. The third-order valence-corrected chi connectivity index (χ3v) is 4.10. The van der Waals surface area contributed by atoms with E-state index in [-0.39, 0.29) is 6.04 Å². The predicted molar refractivity (Wildman–Crippen MR) is 82.9 cm³/mol. The molecule has 110 valence electrons. The maximum atomic E-state index is 11.2. The van der Waals surface area contributed by atoms with Crippen molar-refractivity contribution in [3.05, 3.63) is 41.5 Å². The van der Waals surface area contributed by atoms with Gasteiger partial charge in [-0.05, 0) is 18.9 Å². The van der Waals surface area contributed by atoms with Crippen LogP contribution in [0.1, 0.15) is 18.9 Å². The van der Waals surface area contributed by atoms with E-state index < -0.39 is 10.0 Å². The number of nitrogens with zero attached hydrogens (tertiary/aromatic N) is 1. The second kappa shape index (κ2) is 6.52. The first-order valence-electron chi connectivity index (χ1n) is 6.84. The van der Waals surface area contributed by atoms with E-state index in [2.05, 4.69) is 34.8 Å². The first kappa shape index (κ1) is 15.2. The molecule has 1 fully saturated rings. The third kappa shape index (κ3) is 5.07. The molecule has 2 rings (SSSR count). The Bertz CT molecular complexity index is 567. The Morgan fingerprint density at radius 1 is 1.40 bits per heavy atom. The van der Waals surface area contributed by atoms with Crippen molar-refractivity contribution in [1.29, 1.82) is 0 Å². The van der Waals surface area contributed by atoms with Crippen molar-refractivity contribution in [2.45, 2.75) is 19.4 Å². The van der Waals surface area contributed by atoms with Crippen molar-refractivity contribution >= 4 is 16.1 Å². The van der Waals surface area contributed by atoms with Crippen LogP contribution >= 0.6 is 0 Å². The van der Waals surface area contributed by atoms with Crippen molar-refractivity contribution in [2.24, 2.45) is 0 Å². The summed E-state index contributed by atoms with van der Waals surface area (Å²) in [6, 6.07) is 10.3. The highest BCUT2D eigenvalue weighted by Gasteiger charge is 2.24. The summed E-state index contributed by atoms with van der Waals surface area (Å²) in [5, 5.41) is 0. The minimum atomic E-state index is -3.10. The van der Waals surface area contributed by atoms with Crippen LogP contribution in [0, 0.1) is 0 Å². The van der Waals surface area contributed by atoms with Crippen LogP contribution in [0.15, 0.2) is 35.9 Å². The van der Waals surface area contributed by atoms with Gasteiger partial charge in [0.2, 0.25) is 10.0 Å². The summed E-state index contributed by atoms with van der Waals surface area (Å²) in [6.07, 6.45) is 4.28. The highest BCUT2D eigenvalue weighted by atomic mass is 32.2. The van der Waals surface area contributed by atoms with Gasteiger partial charge in [0.25, 0.3) is 0 Å². The van der Waals surface area contributed by atoms with Crippen LogP contribution < -0.4 is 4.72 Å². The topological polar surface area (TPSA) is 49.4 Å². The number of hydrogen-bond acceptors (Lipinski definition) is 3. The summed E-state index contributed by atoms with van der Waals surface area (Å²) in [5.41, 5.74) is 2.49. The zero-order valence-electron chi connectivity index (χ0n) is 12.0. The van der Waals surface area contributed by atoms with Gasteiger partial charge in [0.15, 0.2) is 0 Å². The van der Waals surface area contributed by atoms with Crippen molar-refractivity contribution in [3.8, 4) is 0 Å². The van der Waals surface area contributed by atoms with Gasteiger partial charge in [-0.15, -0.1) is 0 Å². The number of likely N-dealkylation sites (tertiary alicyclic amines) is 1. The fourth-order valence-corrected chi connectivity index (χ4v) is 3.41. The summed E-state index contributed by atoms with van der Waals surface area (Å²) in [4.78, 5) is 2.29. The number of rotatable bonds is 5. The molecule has 0 aliphatic carbocycles. The van der Waals surface area contributed by atoms with Gasteiger partial charge in [-0.25, -0.2) is 13.1 Å². The first-order valence-corrected chi connectivity index (χ1v) is 8.73. The van der Waals surface area contributed by atoms with Gasteiger partial charge in [0.1, 0.15) is 0 Å². The first-order chi connectivity index (χ1) is 9.42. The Kier molecular flexibility index (Phi) is 4.96. The molecule has 4 nitrogen and oxygen atoms in total. The second-order valence-corrected chi connectivity index (χ2v) is 7.29. The Labute approximate surface area is 121 Å². The zero-order valence-corrected chi connectivity index (χ0v) is 12.9. The van der Waals surface area contributed by atoms with Crippen molar-refractivity contribution in [3.63, 3.8) is 0 Å². The van der Waals surface area contributed by atoms with E-state index in [1.807, 2.05) is 18.2 Å². The smallest absolute Gasteiger partial charge is 0.208 e. The fourth-order valence-electron chi connectivity index (χ4n) is 2.61. The van der Waals surface area contributed by atoms with Crippen LogP contribution in [0.3, 0.4) is 0 Å². The normalized spacial score (nSPS) is 21.3. The Balaban J connectivity index is 1.87. The molecular weight excluding hydrogens is 272 g/mol. The van der Waals surface area contributed by atoms with Gasteiger partial charge in [-0.2, -0.15) is 0 Å². The van der Waals surface area contributed by atoms with E-state index in [1.54, 1.807) is 0 Å². The quantitative estimate of drug-likeness (QED) is 0.899. The molecule has 1 heterocycles. The fraction of sp³-hybridized carbons (Fsp3) is 0.467. The van der Waals surface area contributed by atoms with Gasteiger partial charge >= 0.3 is 0 Å². The number of nitrogens with one attached hydrogen (secondary N) is 1. The molecule has 5 heteroatoms. The highest BCUT2D eigenvalue weighted by molar-refractivity contribution is 7.88. The second-order valence-electron chi connectivity index (χ2n) is 5.51. The lowest BCUT2D eigenvalue weighted by Crippen LogP contribution is -2.36. The molecule has 0 aromatic heterocycles. The molecule has 0 amide bonds. The zero-order chi connectivity index (χ0) is 14.6.